The standard InChI is InChI=1S/C10H13N3/c1-7-3-4-8(13-2)5-9(7)10(12)6-11/h3-6,11-13H,1-2H3. The van der Waals surface area contributed by atoms with Crippen molar-refractivity contribution in [1.29, 1.82) is 10.8 Å². The van der Waals surface area contributed by atoms with Crippen molar-refractivity contribution in [3.8, 4) is 0 Å². The highest BCUT2D eigenvalue weighted by atomic mass is 14.8. The quantitative estimate of drug-likeness (QED) is 0.605. The summed E-state index contributed by atoms with van der Waals surface area (Å²) in [4.78, 5) is 0. The number of aryl methyl sites for hydroxylation is 1. The maximum atomic E-state index is 7.52. The van der Waals surface area contributed by atoms with E-state index in [9.17, 15) is 0 Å². The minimum atomic E-state index is 0.245. The van der Waals surface area contributed by atoms with Crippen LogP contribution in [0, 0.1) is 17.7 Å². The van der Waals surface area contributed by atoms with Crippen molar-refractivity contribution in [2.24, 2.45) is 0 Å². The minimum Gasteiger partial charge on any atom is -0.388 e. The normalized spacial score (nSPS) is 9.38. The molecule has 0 aliphatic heterocycles. The van der Waals surface area contributed by atoms with Gasteiger partial charge in [0.25, 0.3) is 0 Å². The van der Waals surface area contributed by atoms with Gasteiger partial charge in [0.1, 0.15) is 0 Å². The van der Waals surface area contributed by atoms with Crippen LogP contribution in [0.4, 0.5) is 5.69 Å². The topological polar surface area (TPSA) is 59.7 Å². The Morgan fingerprint density at radius 1 is 1.46 bits per heavy atom. The summed E-state index contributed by atoms with van der Waals surface area (Å²) >= 11 is 0. The first-order valence-corrected chi connectivity index (χ1v) is 4.07. The van der Waals surface area contributed by atoms with E-state index in [2.05, 4.69) is 5.32 Å². The van der Waals surface area contributed by atoms with Gasteiger partial charge >= 0.3 is 0 Å². The molecule has 0 atom stereocenters. The average molecular weight is 175 g/mol. The van der Waals surface area contributed by atoms with Crippen LogP contribution in [0.25, 0.3) is 0 Å². The molecule has 3 nitrogen and oxygen atoms in total. The van der Waals surface area contributed by atoms with E-state index >= 15 is 0 Å². The van der Waals surface area contributed by atoms with E-state index in [4.69, 9.17) is 10.8 Å². The van der Waals surface area contributed by atoms with E-state index in [0.29, 0.717) is 0 Å². The number of hydrogen-bond donors (Lipinski definition) is 3. The van der Waals surface area contributed by atoms with Crippen LogP contribution in [0.5, 0.6) is 0 Å². The molecular formula is C10H13N3. The smallest absolute Gasteiger partial charge is 0.0791 e. The van der Waals surface area contributed by atoms with Crippen molar-refractivity contribution in [3.63, 3.8) is 0 Å². The summed E-state index contributed by atoms with van der Waals surface area (Å²) < 4.78 is 0. The van der Waals surface area contributed by atoms with Gasteiger partial charge in [-0.1, -0.05) is 6.07 Å². The van der Waals surface area contributed by atoms with Gasteiger partial charge in [0.15, 0.2) is 0 Å². The fraction of sp³-hybridized carbons (Fsp3) is 0.200. The number of anilines is 1. The average Bonchev–Trinajstić information content (AvgIpc) is 2.17. The van der Waals surface area contributed by atoms with Gasteiger partial charge < -0.3 is 10.7 Å². The SMILES string of the molecule is CNc1ccc(C)c(C(=N)C=N)c1. The van der Waals surface area contributed by atoms with Crippen LogP contribution in [-0.2, 0) is 0 Å². The number of nitrogens with one attached hydrogen (secondary N) is 3. The summed E-state index contributed by atoms with van der Waals surface area (Å²) in [5, 5.41) is 17.5. The molecule has 1 aromatic rings. The van der Waals surface area contributed by atoms with E-state index in [1.807, 2.05) is 32.2 Å². The number of rotatable bonds is 3. The lowest BCUT2D eigenvalue weighted by Crippen LogP contribution is -2.03. The molecule has 0 aliphatic carbocycles. The van der Waals surface area contributed by atoms with Crippen LogP contribution in [0.1, 0.15) is 11.1 Å². The van der Waals surface area contributed by atoms with E-state index in [-0.39, 0.29) is 5.71 Å². The summed E-state index contributed by atoms with van der Waals surface area (Å²) in [5.74, 6) is 0. The molecule has 0 spiro atoms. The van der Waals surface area contributed by atoms with Gasteiger partial charge in [-0.25, -0.2) is 0 Å². The Bertz CT molecular complexity index is 342. The molecule has 0 heterocycles. The third-order valence-electron chi connectivity index (χ3n) is 1.96. The molecule has 68 valence electrons. The Balaban J connectivity index is 3.18. The van der Waals surface area contributed by atoms with Gasteiger partial charge in [-0.15, -0.1) is 0 Å². The summed E-state index contributed by atoms with van der Waals surface area (Å²) in [5.41, 5.74) is 3.04. The highest BCUT2D eigenvalue weighted by Crippen LogP contribution is 2.14. The molecule has 0 saturated heterocycles. The van der Waals surface area contributed by atoms with Crippen LogP contribution >= 0.6 is 0 Å². The van der Waals surface area contributed by atoms with Gasteiger partial charge in [0.05, 0.1) is 5.71 Å². The fourth-order valence-electron chi connectivity index (χ4n) is 1.15. The first-order valence-electron chi connectivity index (χ1n) is 4.07. The molecule has 0 aliphatic rings. The van der Waals surface area contributed by atoms with Crippen molar-refractivity contribution in [3.05, 3.63) is 29.3 Å². The molecule has 0 radical (unpaired) electrons. The summed E-state index contributed by atoms with van der Waals surface area (Å²) in [7, 11) is 1.84. The second-order valence-corrected chi connectivity index (χ2v) is 2.84. The second-order valence-electron chi connectivity index (χ2n) is 2.84. The molecule has 3 heteroatoms. The van der Waals surface area contributed by atoms with E-state index in [0.717, 1.165) is 23.0 Å². The maximum Gasteiger partial charge on any atom is 0.0791 e. The van der Waals surface area contributed by atoms with Gasteiger partial charge in [0.2, 0.25) is 0 Å². The highest BCUT2D eigenvalue weighted by molar-refractivity contribution is 6.36. The van der Waals surface area contributed by atoms with Crippen molar-refractivity contribution >= 4 is 17.6 Å². The lowest BCUT2D eigenvalue weighted by molar-refractivity contribution is 1.39. The van der Waals surface area contributed by atoms with Crippen molar-refractivity contribution < 1.29 is 0 Å². The summed E-state index contributed by atoms with van der Waals surface area (Å²) in [6, 6.07) is 5.78. The molecular weight excluding hydrogens is 162 g/mol. The highest BCUT2D eigenvalue weighted by Gasteiger charge is 2.02. The molecule has 0 amide bonds. The molecule has 1 rings (SSSR count). The lowest BCUT2D eigenvalue weighted by atomic mass is 10.0. The molecule has 0 aromatic heterocycles. The molecule has 0 saturated carbocycles. The zero-order valence-corrected chi connectivity index (χ0v) is 7.81. The Morgan fingerprint density at radius 2 is 2.15 bits per heavy atom. The first-order chi connectivity index (χ1) is 6.19. The summed E-state index contributed by atoms with van der Waals surface area (Å²) in [6.07, 6.45) is 1.06. The van der Waals surface area contributed by atoms with Gasteiger partial charge in [-0.3, -0.25) is 5.41 Å². The minimum absolute atomic E-state index is 0.245. The van der Waals surface area contributed by atoms with Gasteiger partial charge in [0, 0.05) is 24.5 Å². The Labute approximate surface area is 77.8 Å². The third-order valence-corrected chi connectivity index (χ3v) is 1.96. The van der Waals surface area contributed by atoms with Crippen molar-refractivity contribution in [1.82, 2.24) is 0 Å². The predicted molar refractivity (Wildman–Crippen MR) is 56.3 cm³/mol. The lowest BCUT2D eigenvalue weighted by Gasteiger charge is -2.06. The van der Waals surface area contributed by atoms with Crippen molar-refractivity contribution in [2.45, 2.75) is 6.92 Å². The number of hydrogen-bond acceptors (Lipinski definition) is 3. The zero-order valence-electron chi connectivity index (χ0n) is 7.81. The molecule has 0 bridgehead atoms. The van der Waals surface area contributed by atoms with E-state index in [1.165, 1.54) is 0 Å². The van der Waals surface area contributed by atoms with Gasteiger partial charge in [-0.2, -0.15) is 0 Å². The molecule has 1 aromatic carbocycles. The summed E-state index contributed by atoms with van der Waals surface area (Å²) in [6.45, 7) is 1.94. The first kappa shape index (κ1) is 9.45. The second kappa shape index (κ2) is 3.85. The largest absolute Gasteiger partial charge is 0.388 e. The van der Waals surface area contributed by atoms with Crippen LogP contribution in [0.15, 0.2) is 18.2 Å². The Morgan fingerprint density at radius 3 is 2.69 bits per heavy atom. The molecule has 0 fully saturated rings. The monoisotopic (exact) mass is 175 g/mol. The van der Waals surface area contributed by atoms with Gasteiger partial charge in [-0.05, 0) is 24.6 Å². The Hall–Kier alpha value is -1.64. The van der Waals surface area contributed by atoms with E-state index < -0.39 is 0 Å². The van der Waals surface area contributed by atoms with E-state index in [1.54, 1.807) is 0 Å². The zero-order chi connectivity index (χ0) is 9.84. The van der Waals surface area contributed by atoms with Crippen LogP contribution in [-0.4, -0.2) is 19.0 Å². The molecule has 3 N–H and O–H groups in total. The van der Waals surface area contributed by atoms with Crippen LogP contribution in [0.3, 0.4) is 0 Å². The Kier molecular flexibility index (Phi) is 2.80. The molecule has 0 unspecified atom stereocenters. The van der Waals surface area contributed by atoms with Crippen LogP contribution in [0.2, 0.25) is 0 Å². The third kappa shape index (κ3) is 1.93. The molecule has 13 heavy (non-hydrogen) atoms. The van der Waals surface area contributed by atoms with Crippen molar-refractivity contribution in [2.75, 3.05) is 12.4 Å². The predicted octanol–water partition coefficient (Wildman–Crippen LogP) is 2.05. The number of benzene rings is 1. The fourth-order valence-corrected chi connectivity index (χ4v) is 1.15. The van der Waals surface area contributed by atoms with Crippen LogP contribution < -0.4 is 5.32 Å². The maximum absolute atomic E-state index is 7.52.